The number of rotatable bonds is 6. The van der Waals surface area contributed by atoms with Gasteiger partial charge in [-0.05, 0) is 56.6 Å². The minimum Gasteiger partial charge on any atom is -0.326 e. The van der Waals surface area contributed by atoms with E-state index in [0.29, 0.717) is 6.04 Å². The summed E-state index contributed by atoms with van der Waals surface area (Å²) in [5.74, 6) is 0. The summed E-state index contributed by atoms with van der Waals surface area (Å²) in [6.07, 6.45) is 9.40. The third kappa shape index (κ3) is 3.86. The maximum absolute atomic E-state index is 2.84. The summed E-state index contributed by atoms with van der Waals surface area (Å²) in [6.45, 7) is 7.42. The minimum atomic E-state index is 0.698. The van der Waals surface area contributed by atoms with Crippen LogP contribution in [0.15, 0.2) is 24.3 Å². The minimum absolute atomic E-state index is 0.698. The van der Waals surface area contributed by atoms with Crippen LogP contribution in [0.3, 0.4) is 0 Å². The van der Waals surface area contributed by atoms with Crippen molar-refractivity contribution in [3.05, 3.63) is 35.4 Å². The van der Waals surface area contributed by atoms with E-state index < -0.39 is 0 Å². The number of piperidine rings is 1. The van der Waals surface area contributed by atoms with E-state index in [9.17, 15) is 0 Å². The summed E-state index contributed by atoms with van der Waals surface area (Å²) < 4.78 is 1.24. The van der Waals surface area contributed by atoms with Gasteiger partial charge in [0, 0.05) is 25.0 Å². The van der Waals surface area contributed by atoms with Crippen molar-refractivity contribution in [3.63, 3.8) is 0 Å². The normalized spacial score (nSPS) is 25.0. The molecule has 1 aliphatic carbocycles. The van der Waals surface area contributed by atoms with Gasteiger partial charge in [0.05, 0.1) is 26.7 Å². The van der Waals surface area contributed by atoms with Crippen molar-refractivity contribution < 1.29 is 4.48 Å². The highest BCUT2D eigenvalue weighted by molar-refractivity contribution is 5.33. The zero-order chi connectivity index (χ0) is 17.2. The SMILES string of the molecule is CCC(C)N(CCC1CCCC[N+]1(C)C)C1Cc2ccccc2C1. The Bertz CT molecular complexity index is 512. The first-order valence-corrected chi connectivity index (χ1v) is 10.2. The molecular formula is C22H37N2+. The van der Waals surface area contributed by atoms with Crippen LogP contribution in [0.2, 0.25) is 0 Å². The molecule has 1 heterocycles. The third-order valence-electron chi connectivity index (χ3n) is 6.89. The Hall–Kier alpha value is -0.860. The first kappa shape index (κ1) is 17.9. The Morgan fingerprint density at radius 2 is 1.79 bits per heavy atom. The molecule has 2 unspecified atom stereocenters. The van der Waals surface area contributed by atoms with Crippen LogP contribution in [0.4, 0.5) is 0 Å². The highest BCUT2D eigenvalue weighted by Crippen LogP contribution is 2.29. The molecule has 0 aromatic heterocycles. The first-order valence-electron chi connectivity index (χ1n) is 10.2. The summed E-state index contributed by atoms with van der Waals surface area (Å²) >= 11 is 0. The zero-order valence-electron chi connectivity index (χ0n) is 16.3. The molecule has 1 aromatic rings. The monoisotopic (exact) mass is 329 g/mol. The summed E-state index contributed by atoms with van der Waals surface area (Å²) in [7, 11) is 4.89. The van der Waals surface area contributed by atoms with Gasteiger partial charge in [0.1, 0.15) is 0 Å². The molecule has 134 valence electrons. The first-order chi connectivity index (χ1) is 11.5. The van der Waals surface area contributed by atoms with Crippen LogP contribution in [-0.2, 0) is 12.8 Å². The molecular weight excluding hydrogens is 292 g/mol. The fraction of sp³-hybridized carbons (Fsp3) is 0.727. The molecule has 1 aliphatic heterocycles. The number of quaternary nitrogens is 1. The molecule has 2 aliphatic rings. The van der Waals surface area contributed by atoms with Crippen molar-refractivity contribution in [2.75, 3.05) is 27.2 Å². The second-order valence-corrected chi connectivity index (χ2v) is 8.77. The smallest absolute Gasteiger partial charge is 0.0898 e. The van der Waals surface area contributed by atoms with Crippen LogP contribution in [0, 0.1) is 0 Å². The van der Waals surface area contributed by atoms with E-state index in [1.54, 1.807) is 11.1 Å². The fourth-order valence-corrected chi connectivity index (χ4v) is 4.99. The molecule has 0 N–H and O–H groups in total. The Balaban J connectivity index is 1.65. The summed E-state index contributed by atoms with van der Waals surface area (Å²) in [5.41, 5.74) is 3.18. The number of hydrogen-bond acceptors (Lipinski definition) is 1. The largest absolute Gasteiger partial charge is 0.326 e. The van der Waals surface area contributed by atoms with Crippen molar-refractivity contribution >= 4 is 0 Å². The average molecular weight is 330 g/mol. The number of hydrogen-bond donors (Lipinski definition) is 0. The topological polar surface area (TPSA) is 3.24 Å². The lowest BCUT2D eigenvalue weighted by atomic mass is 9.96. The maximum atomic E-state index is 2.84. The fourth-order valence-electron chi connectivity index (χ4n) is 4.99. The van der Waals surface area contributed by atoms with Crippen LogP contribution < -0.4 is 0 Å². The molecule has 0 spiro atoms. The average Bonchev–Trinajstić information content (AvgIpc) is 2.99. The van der Waals surface area contributed by atoms with Gasteiger partial charge in [-0.25, -0.2) is 0 Å². The predicted molar refractivity (Wildman–Crippen MR) is 103 cm³/mol. The molecule has 2 heteroatoms. The maximum Gasteiger partial charge on any atom is 0.0898 e. The number of benzene rings is 1. The van der Waals surface area contributed by atoms with Crippen molar-refractivity contribution in [2.24, 2.45) is 0 Å². The van der Waals surface area contributed by atoms with Crippen molar-refractivity contribution in [2.45, 2.75) is 76.9 Å². The lowest BCUT2D eigenvalue weighted by Gasteiger charge is -2.43. The van der Waals surface area contributed by atoms with E-state index in [1.165, 1.54) is 62.5 Å². The van der Waals surface area contributed by atoms with E-state index in [4.69, 9.17) is 0 Å². The Labute approximate surface area is 149 Å². The molecule has 24 heavy (non-hydrogen) atoms. The molecule has 0 amide bonds. The van der Waals surface area contributed by atoms with Gasteiger partial charge < -0.3 is 4.48 Å². The summed E-state index contributed by atoms with van der Waals surface area (Å²) in [6, 6.07) is 11.4. The van der Waals surface area contributed by atoms with E-state index in [-0.39, 0.29) is 0 Å². The predicted octanol–water partition coefficient (Wildman–Crippen LogP) is 4.27. The van der Waals surface area contributed by atoms with Gasteiger partial charge in [0.15, 0.2) is 0 Å². The van der Waals surface area contributed by atoms with E-state index in [2.05, 4.69) is 57.1 Å². The van der Waals surface area contributed by atoms with E-state index >= 15 is 0 Å². The summed E-state index contributed by atoms with van der Waals surface area (Å²) in [4.78, 5) is 2.84. The van der Waals surface area contributed by atoms with Gasteiger partial charge in [-0.3, -0.25) is 4.90 Å². The molecule has 1 fully saturated rings. The van der Waals surface area contributed by atoms with Gasteiger partial charge in [0.25, 0.3) is 0 Å². The second kappa shape index (κ2) is 7.58. The van der Waals surface area contributed by atoms with Crippen LogP contribution in [0.5, 0.6) is 0 Å². The second-order valence-electron chi connectivity index (χ2n) is 8.77. The molecule has 3 rings (SSSR count). The lowest BCUT2D eigenvalue weighted by molar-refractivity contribution is -0.920. The molecule has 0 radical (unpaired) electrons. The van der Waals surface area contributed by atoms with Crippen LogP contribution in [-0.4, -0.2) is 54.7 Å². The van der Waals surface area contributed by atoms with Crippen molar-refractivity contribution in [1.29, 1.82) is 0 Å². The number of fused-ring (bicyclic) bond motifs is 1. The van der Waals surface area contributed by atoms with Gasteiger partial charge in [-0.15, -0.1) is 0 Å². The molecule has 0 saturated carbocycles. The van der Waals surface area contributed by atoms with Gasteiger partial charge in [0.2, 0.25) is 0 Å². The molecule has 0 bridgehead atoms. The van der Waals surface area contributed by atoms with Crippen molar-refractivity contribution in [3.8, 4) is 0 Å². The third-order valence-corrected chi connectivity index (χ3v) is 6.89. The van der Waals surface area contributed by atoms with Gasteiger partial charge in [-0.2, -0.15) is 0 Å². The van der Waals surface area contributed by atoms with Crippen LogP contribution >= 0.6 is 0 Å². The highest BCUT2D eigenvalue weighted by atomic mass is 15.3. The Morgan fingerprint density at radius 3 is 2.38 bits per heavy atom. The van der Waals surface area contributed by atoms with Gasteiger partial charge >= 0.3 is 0 Å². The highest BCUT2D eigenvalue weighted by Gasteiger charge is 2.34. The number of likely N-dealkylation sites (tertiary alicyclic amines) is 1. The Kier molecular flexibility index (Phi) is 5.66. The zero-order valence-corrected chi connectivity index (χ0v) is 16.3. The molecule has 1 aromatic carbocycles. The van der Waals surface area contributed by atoms with E-state index in [0.717, 1.165) is 12.1 Å². The molecule has 2 nitrogen and oxygen atoms in total. The summed E-state index contributed by atoms with van der Waals surface area (Å²) in [5, 5.41) is 0. The quantitative estimate of drug-likeness (QED) is 0.704. The number of nitrogens with zero attached hydrogens (tertiary/aromatic N) is 2. The standard InChI is InChI=1S/C22H37N2/c1-5-18(2)23(14-13-22-12-8-9-15-24(22,3)4)21-16-19-10-6-7-11-20(19)17-21/h6-7,10-11,18,21-22H,5,8-9,12-17H2,1-4H3/q+1. The molecule has 1 saturated heterocycles. The van der Waals surface area contributed by atoms with Crippen molar-refractivity contribution in [1.82, 2.24) is 4.90 Å². The van der Waals surface area contributed by atoms with Crippen LogP contribution in [0.1, 0.15) is 57.1 Å². The van der Waals surface area contributed by atoms with Gasteiger partial charge in [-0.1, -0.05) is 31.2 Å². The molecule has 2 atom stereocenters. The van der Waals surface area contributed by atoms with Crippen LogP contribution in [0.25, 0.3) is 0 Å². The lowest BCUT2D eigenvalue weighted by Crippen LogP contribution is -2.53. The Morgan fingerprint density at radius 1 is 1.12 bits per heavy atom. The van der Waals surface area contributed by atoms with E-state index in [1.807, 2.05) is 0 Å².